The lowest BCUT2D eigenvalue weighted by molar-refractivity contribution is 0.0997. The van der Waals surface area contributed by atoms with Crippen molar-refractivity contribution < 1.29 is 4.79 Å². The van der Waals surface area contributed by atoms with Crippen LogP contribution in [0.4, 0.5) is 5.00 Å². The van der Waals surface area contributed by atoms with Crippen molar-refractivity contribution in [2.45, 2.75) is 12.8 Å². The third-order valence-corrected chi connectivity index (χ3v) is 4.42. The number of amides is 1. The number of nitrogens with zero attached hydrogens (tertiary/aromatic N) is 2. The highest BCUT2D eigenvalue weighted by molar-refractivity contribution is 7.19. The largest absolute Gasteiger partial charge is 0.364 e. The molecule has 0 spiro atoms. The SMILES string of the molecule is NC(=O)c1nc(-c2ccccc2)sc1N1CCCC1. The van der Waals surface area contributed by atoms with Crippen LogP contribution < -0.4 is 10.6 Å². The fourth-order valence-corrected chi connectivity index (χ4v) is 3.44. The van der Waals surface area contributed by atoms with E-state index in [4.69, 9.17) is 5.73 Å². The second-order valence-corrected chi connectivity index (χ2v) is 5.57. The summed E-state index contributed by atoms with van der Waals surface area (Å²) in [5.74, 6) is -0.444. The van der Waals surface area contributed by atoms with Crippen LogP contribution in [0.5, 0.6) is 0 Å². The van der Waals surface area contributed by atoms with Crippen molar-refractivity contribution >= 4 is 22.2 Å². The van der Waals surface area contributed by atoms with E-state index in [9.17, 15) is 4.79 Å². The molecule has 1 fully saturated rings. The van der Waals surface area contributed by atoms with Crippen LogP contribution in [0.15, 0.2) is 30.3 Å². The maximum Gasteiger partial charge on any atom is 0.270 e. The van der Waals surface area contributed by atoms with Crippen molar-refractivity contribution in [2.24, 2.45) is 5.73 Å². The minimum atomic E-state index is -0.444. The molecule has 0 saturated carbocycles. The Morgan fingerprint density at radius 1 is 1.21 bits per heavy atom. The van der Waals surface area contributed by atoms with Gasteiger partial charge < -0.3 is 10.6 Å². The predicted octanol–water partition coefficient (Wildman–Crippen LogP) is 2.51. The third kappa shape index (κ3) is 2.33. The fraction of sp³-hybridized carbons (Fsp3) is 0.286. The number of benzene rings is 1. The van der Waals surface area contributed by atoms with Gasteiger partial charge in [-0.05, 0) is 12.8 Å². The van der Waals surface area contributed by atoms with Crippen LogP contribution in [-0.4, -0.2) is 24.0 Å². The van der Waals surface area contributed by atoms with Crippen molar-refractivity contribution in [3.63, 3.8) is 0 Å². The minimum absolute atomic E-state index is 0.408. The molecule has 1 aromatic heterocycles. The molecular formula is C14H15N3OS. The second-order valence-electron chi connectivity index (χ2n) is 4.60. The zero-order valence-corrected chi connectivity index (χ0v) is 11.3. The summed E-state index contributed by atoms with van der Waals surface area (Å²) in [6.45, 7) is 1.97. The lowest BCUT2D eigenvalue weighted by atomic mass is 10.2. The standard InChI is InChI=1S/C14H15N3OS/c15-12(18)11-14(17-8-4-5-9-17)19-13(16-11)10-6-2-1-3-7-10/h1-3,6-7H,4-5,8-9H2,(H2,15,18). The number of carbonyl (C=O) groups is 1. The Morgan fingerprint density at radius 2 is 1.89 bits per heavy atom. The first kappa shape index (κ1) is 12.2. The number of hydrogen-bond acceptors (Lipinski definition) is 4. The zero-order chi connectivity index (χ0) is 13.2. The molecule has 0 aliphatic carbocycles. The molecule has 0 radical (unpaired) electrons. The van der Waals surface area contributed by atoms with E-state index in [0.29, 0.717) is 5.69 Å². The summed E-state index contributed by atoms with van der Waals surface area (Å²) < 4.78 is 0. The zero-order valence-electron chi connectivity index (χ0n) is 10.5. The van der Waals surface area contributed by atoms with Crippen molar-refractivity contribution in [2.75, 3.05) is 18.0 Å². The number of carbonyl (C=O) groups excluding carboxylic acids is 1. The minimum Gasteiger partial charge on any atom is -0.364 e. The normalized spacial score (nSPS) is 14.8. The summed E-state index contributed by atoms with van der Waals surface area (Å²) in [6.07, 6.45) is 2.33. The number of thiazole rings is 1. The molecule has 5 heteroatoms. The highest BCUT2D eigenvalue weighted by atomic mass is 32.1. The molecule has 2 N–H and O–H groups in total. The van der Waals surface area contributed by atoms with Gasteiger partial charge in [0.1, 0.15) is 10.0 Å². The topological polar surface area (TPSA) is 59.2 Å². The van der Waals surface area contributed by atoms with E-state index in [0.717, 1.165) is 41.5 Å². The molecule has 2 heterocycles. The van der Waals surface area contributed by atoms with Crippen LogP contribution in [0.2, 0.25) is 0 Å². The molecule has 4 nitrogen and oxygen atoms in total. The van der Waals surface area contributed by atoms with Crippen LogP contribution in [0.3, 0.4) is 0 Å². The summed E-state index contributed by atoms with van der Waals surface area (Å²) in [7, 11) is 0. The van der Waals surface area contributed by atoms with E-state index in [2.05, 4.69) is 9.88 Å². The van der Waals surface area contributed by atoms with Gasteiger partial charge in [0.05, 0.1) is 0 Å². The Kier molecular flexibility index (Phi) is 3.21. The average Bonchev–Trinajstić information content (AvgIpc) is 3.08. The van der Waals surface area contributed by atoms with Crippen LogP contribution in [0.25, 0.3) is 10.6 Å². The van der Waals surface area contributed by atoms with Crippen LogP contribution in [-0.2, 0) is 0 Å². The van der Waals surface area contributed by atoms with E-state index < -0.39 is 5.91 Å². The maximum atomic E-state index is 11.6. The monoisotopic (exact) mass is 273 g/mol. The maximum absolute atomic E-state index is 11.6. The fourth-order valence-electron chi connectivity index (χ4n) is 2.31. The molecule has 1 aliphatic rings. The van der Waals surface area contributed by atoms with Gasteiger partial charge in [0.25, 0.3) is 5.91 Å². The Morgan fingerprint density at radius 3 is 2.53 bits per heavy atom. The Bertz CT molecular complexity index is 588. The van der Waals surface area contributed by atoms with Crippen molar-refractivity contribution in [3.8, 4) is 10.6 Å². The van der Waals surface area contributed by atoms with Crippen molar-refractivity contribution in [1.82, 2.24) is 4.98 Å². The van der Waals surface area contributed by atoms with Crippen LogP contribution in [0.1, 0.15) is 23.3 Å². The lowest BCUT2D eigenvalue weighted by Crippen LogP contribution is -2.21. The number of nitrogens with two attached hydrogens (primary N) is 1. The number of aromatic nitrogens is 1. The predicted molar refractivity (Wildman–Crippen MR) is 77.5 cm³/mol. The van der Waals surface area contributed by atoms with Gasteiger partial charge in [-0.15, -0.1) is 0 Å². The number of anilines is 1. The van der Waals surface area contributed by atoms with Gasteiger partial charge in [0.2, 0.25) is 0 Å². The Balaban J connectivity index is 2.04. The first-order valence-corrected chi connectivity index (χ1v) is 7.18. The summed E-state index contributed by atoms with van der Waals surface area (Å²) >= 11 is 1.55. The van der Waals surface area contributed by atoms with Crippen molar-refractivity contribution in [1.29, 1.82) is 0 Å². The van der Waals surface area contributed by atoms with Crippen LogP contribution in [0, 0.1) is 0 Å². The molecule has 2 aromatic rings. The van der Waals surface area contributed by atoms with E-state index in [1.807, 2.05) is 30.3 Å². The quantitative estimate of drug-likeness (QED) is 0.934. The molecule has 0 atom stereocenters. The third-order valence-electron chi connectivity index (χ3n) is 3.26. The van der Waals surface area contributed by atoms with E-state index in [-0.39, 0.29) is 0 Å². The molecule has 0 unspecified atom stereocenters. The van der Waals surface area contributed by atoms with Gasteiger partial charge >= 0.3 is 0 Å². The second kappa shape index (κ2) is 5.01. The highest BCUT2D eigenvalue weighted by Gasteiger charge is 2.23. The van der Waals surface area contributed by atoms with E-state index in [1.165, 1.54) is 0 Å². The van der Waals surface area contributed by atoms with E-state index >= 15 is 0 Å². The first-order chi connectivity index (χ1) is 9.25. The number of primary amides is 1. The summed E-state index contributed by atoms with van der Waals surface area (Å²) in [4.78, 5) is 18.2. The Hall–Kier alpha value is -1.88. The molecule has 98 valence electrons. The molecule has 1 amide bonds. The molecular weight excluding hydrogens is 258 g/mol. The summed E-state index contributed by atoms with van der Waals surface area (Å²) in [6, 6.07) is 9.90. The highest BCUT2D eigenvalue weighted by Crippen LogP contribution is 2.36. The van der Waals surface area contributed by atoms with Gasteiger partial charge in [0.15, 0.2) is 5.69 Å². The van der Waals surface area contributed by atoms with Gasteiger partial charge in [0, 0.05) is 18.7 Å². The lowest BCUT2D eigenvalue weighted by Gasteiger charge is -2.15. The van der Waals surface area contributed by atoms with Crippen molar-refractivity contribution in [3.05, 3.63) is 36.0 Å². The smallest absolute Gasteiger partial charge is 0.270 e. The Labute approximate surface area is 115 Å². The van der Waals surface area contributed by atoms with Crippen LogP contribution >= 0.6 is 11.3 Å². The van der Waals surface area contributed by atoms with Gasteiger partial charge in [-0.2, -0.15) is 0 Å². The van der Waals surface area contributed by atoms with Gasteiger partial charge in [-0.3, -0.25) is 4.79 Å². The molecule has 1 aromatic carbocycles. The molecule has 19 heavy (non-hydrogen) atoms. The number of rotatable bonds is 3. The van der Waals surface area contributed by atoms with E-state index in [1.54, 1.807) is 11.3 Å². The van der Waals surface area contributed by atoms with Gasteiger partial charge in [-0.25, -0.2) is 4.98 Å². The van der Waals surface area contributed by atoms with Gasteiger partial charge in [-0.1, -0.05) is 41.7 Å². The summed E-state index contributed by atoms with van der Waals surface area (Å²) in [5, 5.41) is 1.78. The summed E-state index contributed by atoms with van der Waals surface area (Å²) in [5.41, 5.74) is 6.89. The first-order valence-electron chi connectivity index (χ1n) is 6.37. The molecule has 1 aliphatic heterocycles. The molecule has 0 bridgehead atoms. The average molecular weight is 273 g/mol. The molecule has 1 saturated heterocycles. The number of hydrogen-bond donors (Lipinski definition) is 1. The molecule has 3 rings (SSSR count).